The topological polar surface area (TPSA) is 54.0 Å². The number of hydrogen-bond donors (Lipinski definition) is 2. The Balaban J connectivity index is 2.48. The Labute approximate surface area is 97.6 Å². The number of aromatic nitrogens is 1. The van der Waals surface area contributed by atoms with Crippen molar-refractivity contribution in [3.05, 3.63) is 22.9 Å². The molecule has 1 rings (SSSR count). The predicted molar refractivity (Wildman–Crippen MR) is 63.7 cm³/mol. The van der Waals surface area contributed by atoms with Gasteiger partial charge in [0.15, 0.2) is 0 Å². The fourth-order valence-corrected chi connectivity index (χ4v) is 1.32. The van der Waals surface area contributed by atoms with Gasteiger partial charge >= 0.3 is 0 Å². The van der Waals surface area contributed by atoms with Crippen LogP contribution in [0.25, 0.3) is 0 Å². The molecular formula is C10H14BrN3O. The first-order valence-electron chi connectivity index (χ1n) is 4.73. The highest BCUT2D eigenvalue weighted by Crippen LogP contribution is 2.17. The maximum atomic E-state index is 11.4. The van der Waals surface area contributed by atoms with E-state index in [-0.39, 0.29) is 5.91 Å². The van der Waals surface area contributed by atoms with Gasteiger partial charge in [-0.25, -0.2) is 4.98 Å². The summed E-state index contributed by atoms with van der Waals surface area (Å²) in [5, 5.41) is 5.79. The lowest BCUT2D eigenvalue weighted by molar-refractivity contribution is -0.115. The van der Waals surface area contributed by atoms with Gasteiger partial charge in [-0.05, 0) is 28.1 Å². The number of anilines is 1. The zero-order chi connectivity index (χ0) is 11.3. The molecule has 15 heavy (non-hydrogen) atoms. The summed E-state index contributed by atoms with van der Waals surface area (Å²) >= 11 is 3.26. The first-order valence-corrected chi connectivity index (χ1v) is 5.52. The number of carbonyl (C=O) groups excluding carboxylic acids is 1. The molecule has 5 heteroatoms. The van der Waals surface area contributed by atoms with Crippen molar-refractivity contribution < 1.29 is 4.79 Å². The van der Waals surface area contributed by atoms with Crippen molar-refractivity contribution in [1.29, 1.82) is 0 Å². The highest BCUT2D eigenvalue weighted by atomic mass is 79.9. The van der Waals surface area contributed by atoms with E-state index in [1.807, 2.05) is 13.8 Å². The van der Waals surface area contributed by atoms with Gasteiger partial charge in [0.25, 0.3) is 0 Å². The number of hydrogen-bond acceptors (Lipinski definition) is 3. The van der Waals surface area contributed by atoms with Crippen LogP contribution in [0.15, 0.2) is 22.9 Å². The molecule has 1 aromatic rings. The zero-order valence-corrected chi connectivity index (χ0v) is 10.3. The molecule has 0 unspecified atom stereocenters. The predicted octanol–water partition coefficient (Wildman–Crippen LogP) is 1.78. The van der Waals surface area contributed by atoms with E-state index in [0.29, 0.717) is 22.9 Å². The van der Waals surface area contributed by atoms with Crippen LogP contribution in [0, 0.1) is 0 Å². The number of carbonyl (C=O) groups is 1. The molecule has 0 atom stereocenters. The summed E-state index contributed by atoms with van der Waals surface area (Å²) in [6.07, 6.45) is 1.66. The number of halogens is 1. The average molecular weight is 272 g/mol. The third-order valence-corrected chi connectivity index (χ3v) is 2.34. The third-order valence-electron chi connectivity index (χ3n) is 1.70. The Hall–Kier alpha value is -0.940. The molecule has 0 spiro atoms. The highest BCUT2D eigenvalue weighted by Gasteiger charge is 2.05. The molecule has 2 N–H and O–H groups in total. The molecule has 0 radical (unpaired) electrons. The SMILES string of the molecule is CC(C)NCC(=O)Nc1cccnc1Br. The summed E-state index contributed by atoms with van der Waals surface area (Å²) in [5.41, 5.74) is 0.688. The number of nitrogens with one attached hydrogen (secondary N) is 2. The van der Waals surface area contributed by atoms with Crippen LogP contribution in [0.5, 0.6) is 0 Å². The fraction of sp³-hybridized carbons (Fsp3) is 0.400. The van der Waals surface area contributed by atoms with Gasteiger partial charge in [0.2, 0.25) is 5.91 Å². The quantitative estimate of drug-likeness (QED) is 0.821. The third kappa shape index (κ3) is 4.40. The van der Waals surface area contributed by atoms with Crippen molar-refractivity contribution in [2.24, 2.45) is 0 Å². The highest BCUT2D eigenvalue weighted by molar-refractivity contribution is 9.10. The molecule has 1 amide bonds. The minimum Gasteiger partial charge on any atom is -0.323 e. The molecule has 0 fully saturated rings. The summed E-state index contributed by atoms with van der Waals surface area (Å²) in [6.45, 7) is 4.29. The Morgan fingerprint density at radius 3 is 2.93 bits per heavy atom. The molecular weight excluding hydrogens is 258 g/mol. The molecule has 0 aliphatic rings. The smallest absolute Gasteiger partial charge is 0.238 e. The van der Waals surface area contributed by atoms with Crippen LogP contribution in [0.4, 0.5) is 5.69 Å². The number of pyridine rings is 1. The normalized spacial score (nSPS) is 10.4. The van der Waals surface area contributed by atoms with Crippen LogP contribution < -0.4 is 10.6 Å². The van der Waals surface area contributed by atoms with Crippen molar-refractivity contribution in [3.8, 4) is 0 Å². The van der Waals surface area contributed by atoms with Crippen LogP contribution in [0.2, 0.25) is 0 Å². The van der Waals surface area contributed by atoms with Gasteiger partial charge in [0, 0.05) is 12.2 Å². The van der Waals surface area contributed by atoms with Gasteiger partial charge in [-0.15, -0.1) is 0 Å². The average Bonchev–Trinajstić information content (AvgIpc) is 2.18. The summed E-state index contributed by atoms with van der Waals surface area (Å²) in [4.78, 5) is 15.5. The second-order valence-corrected chi connectivity index (χ2v) is 4.18. The Kier molecular flexibility index (Phi) is 4.71. The first-order chi connectivity index (χ1) is 7.09. The van der Waals surface area contributed by atoms with Crippen molar-refractivity contribution in [2.45, 2.75) is 19.9 Å². The van der Waals surface area contributed by atoms with Gasteiger partial charge in [0.1, 0.15) is 4.60 Å². The maximum Gasteiger partial charge on any atom is 0.238 e. The lowest BCUT2D eigenvalue weighted by atomic mass is 10.4. The largest absolute Gasteiger partial charge is 0.323 e. The van der Waals surface area contributed by atoms with Crippen LogP contribution in [0.1, 0.15) is 13.8 Å². The molecule has 0 bridgehead atoms. The molecule has 0 aliphatic heterocycles. The van der Waals surface area contributed by atoms with Crippen LogP contribution in [-0.4, -0.2) is 23.5 Å². The number of nitrogens with zero attached hydrogens (tertiary/aromatic N) is 1. The van der Waals surface area contributed by atoms with E-state index < -0.39 is 0 Å². The molecule has 0 saturated carbocycles. The Morgan fingerprint density at radius 1 is 1.60 bits per heavy atom. The zero-order valence-electron chi connectivity index (χ0n) is 8.75. The summed E-state index contributed by atoms with van der Waals surface area (Å²) in [5.74, 6) is -0.0719. The molecule has 82 valence electrons. The van der Waals surface area contributed by atoms with Crippen LogP contribution in [0.3, 0.4) is 0 Å². The number of rotatable bonds is 4. The molecule has 1 aromatic heterocycles. The second kappa shape index (κ2) is 5.82. The van der Waals surface area contributed by atoms with E-state index in [2.05, 4.69) is 31.5 Å². The van der Waals surface area contributed by atoms with E-state index >= 15 is 0 Å². The Bertz CT molecular complexity index is 341. The van der Waals surface area contributed by atoms with Gasteiger partial charge in [-0.2, -0.15) is 0 Å². The summed E-state index contributed by atoms with van der Waals surface area (Å²) in [7, 11) is 0. The standard InChI is InChI=1S/C10H14BrN3O/c1-7(2)13-6-9(15)14-8-4-3-5-12-10(8)11/h3-5,7,13H,6H2,1-2H3,(H,14,15). The van der Waals surface area contributed by atoms with E-state index in [1.165, 1.54) is 0 Å². The minimum atomic E-state index is -0.0719. The first kappa shape index (κ1) is 12.1. The van der Waals surface area contributed by atoms with Crippen molar-refractivity contribution >= 4 is 27.5 Å². The summed E-state index contributed by atoms with van der Waals surface area (Å²) in [6, 6.07) is 3.87. The molecule has 0 saturated heterocycles. The van der Waals surface area contributed by atoms with E-state index in [0.717, 1.165) is 0 Å². The van der Waals surface area contributed by atoms with Gasteiger partial charge in [0.05, 0.1) is 12.2 Å². The van der Waals surface area contributed by atoms with Crippen molar-refractivity contribution in [2.75, 3.05) is 11.9 Å². The van der Waals surface area contributed by atoms with Crippen LogP contribution in [-0.2, 0) is 4.79 Å². The van der Waals surface area contributed by atoms with E-state index in [4.69, 9.17) is 0 Å². The second-order valence-electron chi connectivity index (χ2n) is 3.43. The minimum absolute atomic E-state index is 0.0719. The fourth-order valence-electron chi connectivity index (χ4n) is 0.970. The van der Waals surface area contributed by atoms with Crippen LogP contribution >= 0.6 is 15.9 Å². The van der Waals surface area contributed by atoms with Gasteiger partial charge in [-0.1, -0.05) is 13.8 Å². The molecule has 0 aromatic carbocycles. The monoisotopic (exact) mass is 271 g/mol. The van der Waals surface area contributed by atoms with E-state index in [9.17, 15) is 4.79 Å². The lowest BCUT2D eigenvalue weighted by Crippen LogP contribution is -2.32. The van der Waals surface area contributed by atoms with Crippen molar-refractivity contribution in [3.63, 3.8) is 0 Å². The van der Waals surface area contributed by atoms with E-state index in [1.54, 1.807) is 18.3 Å². The molecule has 1 heterocycles. The number of amides is 1. The maximum absolute atomic E-state index is 11.4. The summed E-state index contributed by atoms with van der Waals surface area (Å²) < 4.78 is 0.642. The van der Waals surface area contributed by atoms with Gasteiger partial charge < -0.3 is 10.6 Å². The molecule has 4 nitrogen and oxygen atoms in total. The van der Waals surface area contributed by atoms with Crippen molar-refractivity contribution in [1.82, 2.24) is 10.3 Å². The Morgan fingerprint density at radius 2 is 2.33 bits per heavy atom. The van der Waals surface area contributed by atoms with Gasteiger partial charge in [-0.3, -0.25) is 4.79 Å². The molecule has 0 aliphatic carbocycles. The lowest BCUT2D eigenvalue weighted by Gasteiger charge is -2.09.